The molecule has 4 rings (SSSR count). The van der Waals surface area contributed by atoms with Crippen molar-refractivity contribution in [1.29, 1.82) is 0 Å². The van der Waals surface area contributed by atoms with Crippen LogP contribution in [0.5, 0.6) is 11.5 Å². The average Bonchev–Trinajstić information content (AvgIpc) is 3.16. The summed E-state index contributed by atoms with van der Waals surface area (Å²) >= 11 is 0. The van der Waals surface area contributed by atoms with Crippen LogP contribution < -0.4 is 9.47 Å². The van der Waals surface area contributed by atoms with Gasteiger partial charge in [0.15, 0.2) is 0 Å². The number of fused-ring (bicyclic) bond motifs is 1. The van der Waals surface area contributed by atoms with Gasteiger partial charge in [-0.05, 0) is 37.1 Å². The Hall–Kier alpha value is -3.02. The molecule has 0 N–H and O–H groups in total. The number of aromatic nitrogens is 2. The molecule has 3 heterocycles. The molecule has 2 aromatic heterocycles. The number of likely N-dealkylation sites (tertiary alicyclic amines) is 1. The molecule has 1 aliphatic rings. The van der Waals surface area contributed by atoms with Gasteiger partial charge in [-0.1, -0.05) is 12.1 Å². The van der Waals surface area contributed by atoms with E-state index in [0.29, 0.717) is 24.8 Å². The third kappa shape index (κ3) is 3.74. The first-order valence-corrected chi connectivity index (χ1v) is 9.23. The zero-order valence-electron chi connectivity index (χ0n) is 15.4. The highest BCUT2D eigenvalue weighted by molar-refractivity contribution is 5.93. The quantitative estimate of drug-likeness (QED) is 0.696. The van der Waals surface area contributed by atoms with Crippen LogP contribution in [0.15, 0.2) is 54.9 Å². The van der Waals surface area contributed by atoms with Crippen molar-refractivity contribution in [3.63, 3.8) is 0 Å². The first-order chi connectivity index (χ1) is 13.2. The van der Waals surface area contributed by atoms with Crippen LogP contribution in [0.4, 0.5) is 0 Å². The van der Waals surface area contributed by atoms with Crippen molar-refractivity contribution in [2.45, 2.75) is 12.8 Å². The van der Waals surface area contributed by atoms with E-state index < -0.39 is 0 Å². The summed E-state index contributed by atoms with van der Waals surface area (Å²) in [4.78, 5) is 19.2. The van der Waals surface area contributed by atoms with Crippen molar-refractivity contribution in [2.24, 2.45) is 5.92 Å². The van der Waals surface area contributed by atoms with Crippen molar-refractivity contribution in [3.05, 3.63) is 60.6 Å². The van der Waals surface area contributed by atoms with E-state index in [1.54, 1.807) is 13.3 Å². The number of methoxy groups -OCH3 is 1. The highest BCUT2D eigenvalue weighted by atomic mass is 16.5. The Morgan fingerprint density at radius 1 is 1.22 bits per heavy atom. The molecule has 0 aliphatic carbocycles. The van der Waals surface area contributed by atoms with Gasteiger partial charge in [0, 0.05) is 31.3 Å². The van der Waals surface area contributed by atoms with Gasteiger partial charge in [-0.3, -0.25) is 9.20 Å². The van der Waals surface area contributed by atoms with Gasteiger partial charge in [-0.2, -0.15) is 0 Å². The van der Waals surface area contributed by atoms with Crippen molar-refractivity contribution >= 4 is 11.6 Å². The fraction of sp³-hybridized carbons (Fsp3) is 0.333. The summed E-state index contributed by atoms with van der Waals surface area (Å²) in [5, 5.41) is 0. The molecule has 0 bridgehead atoms. The fourth-order valence-electron chi connectivity index (χ4n) is 3.54. The Bertz CT molecular complexity index is 937. The van der Waals surface area contributed by atoms with Gasteiger partial charge >= 0.3 is 0 Å². The molecular formula is C21H23N3O3. The second kappa shape index (κ2) is 7.70. The van der Waals surface area contributed by atoms with Crippen molar-refractivity contribution in [2.75, 3.05) is 26.8 Å². The summed E-state index contributed by atoms with van der Waals surface area (Å²) in [5.41, 5.74) is 1.40. The van der Waals surface area contributed by atoms with Crippen LogP contribution in [0.25, 0.3) is 5.65 Å². The zero-order chi connectivity index (χ0) is 18.6. The Morgan fingerprint density at radius 3 is 3.00 bits per heavy atom. The summed E-state index contributed by atoms with van der Waals surface area (Å²) in [6.45, 7) is 2.06. The van der Waals surface area contributed by atoms with Crippen molar-refractivity contribution in [1.82, 2.24) is 14.3 Å². The zero-order valence-corrected chi connectivity index (χ0v) is 15.4. The predicted octanol–water partition coefficient (Wildman–Crippen LogP) is 3.27. The lowest BCUT2D eigenvalue weighted by Gasteiger charge is -2.32. The molecular weight excluding hydrogens is 342 g/mol. The minimum atomic E-state index is 0.0276. The Balaban J connectivity index is 1.41. The number of carbonyl (C=O) groups is 1. The van der Waals surface area contributed by atoms with Gasteiger partial charge in [-0.15, -0.1) is 0 Å². The van der Waals surface area contributed by atoms with Crippen LogP contribution in [0, 0.1) is 5.92 Å². The van der Waals surface area contributed by atoms with Gasteiger partial charge in [0.2, 0.25) is 0 Å². The summed E-state index contributed by atoms with van der Waals surface area (Å²) < 4.78 is 13.0. The van der Waals surface area contributed by atoms with E-state index in [2.05, 4.69) is 4.98 Å². The third-order valence-corrected chi connectivity index (χ3v) is 4.97. The lowest BCUT2D eigenvalue weighted by molar-refractivity contribution is 0.0626. The number of benzene rings is 1. The smallest absolute Gasteiger partial charge is 0.272 e. The molecule has 6 nitrogen and oxygen atoms in total. The molecule has 1 aromatic carbocycles. The molecule has 1 amide bonds. The van der Waals surface area contributed by atoms with E-state index in [4.69, 9.17) is 9.47 Å². The van der Waals surface area contributed by atoms with Crippen LogP contribution in [0.3, 0.4) is 0 Å². The average molecular weight is 365 g/mol. The van der Waals surface area contributed by atoms with Gasteiger partial charge in [0.25, 0.3) is 5.91 Å². The number of amides is 1. The van der Waals surface area contributed by atoms with E-state index in [-0.39, 0.29) is 5.91 Å². The standard InChI is InChI=1S/C21H23N3O3/c1-26-17-7-4-8-18(12-17)27-15-16-6-5-10-23(14-16)21(25)19-13-22-20-9-2-3-11-24(19)20/h2-4,7-9,11-13,16H,5-6,10,14-15H2,1H3/t16-/m0/s1. The van der Waals surface area contributed by atoms with Crippen LogP contribution in [-0.4, -0.2) is 47.0 Å². The van der Waals surface area contributed by atoms with E-state index in [0.717, 1.165) is 36.5 Å². The number of piperidine rings is 1. The molecule has 0 spiro atoms. The maximum Gasteiger partial charge on any atom is 0.272 e. The van der Waals surface area contributed by atoms with Crippen LogP contribution in [0.2, 0.25) is 0 Å². The second-order valence-electron chi connectivity index (χ2n) is 6.82. The molecule has 1 atom stereocenters. The maximum atomic E-state index is 13.0. The van der Waals surface area contributed by atoms with Gasteiger partial charge in [0.05, 0.1) is 19.9 Å². The number of nitrogens with zero attached hydrogens (tertiary/aromatic N) is 3. The molecule has 1 fully saturated rings. The fourth-order valence-corrected chi connectivity index (χ4v) is 3.54. The van der Waals surface area contributed by atoms with E-state index in [9.17, 15) is 4.79 Å². The first-order valence-electron chi connectivity index (χ1n) is 9.23. The lowest BCUT2D eigenvalue weighted by atomic mass is 9.98. The van der Waals surface area contributed by atoms with Gasteiger partial charge in [-0.25, -0.2) is 4.98 Å². The number of ether oxygens (including phenoxy) is 2. The largest absolute Gasteiger partial charge is 0.497 e. The molecule has 140 valence electrons. The maximum absolute atomic E-state index is 13.0. The van der Waals surface area contributed by atoms with Crippen LogP contribution in [-0.2, 0) is 0 Å². The molecule has 6 heteroatoms. The monoisotopic (exact) mass is 365 g/mol. The van der Waals surface area contributed by atoms with Gasteiger partial charge < -0.3 is 14.4 Å². The molecule has 0 saturated carbocycles. The van der Waals surface area contributed by atoms with Crippen LogP contribution in [0.1, 0.15) is 23.3 Å². The highest BCUT2D eigenvalue weighted by Crippen LogP contribution is 2.23. The number of hydrogen-bond donors (Lipinski definition) is 0. The van der Waals surface area contributed by atoms with Gasteiger partial charge in [0.1, 0.15) is 22.8 Å². The van der Waals surface area contributed by atoms with Crippen LogP contribution >= 0.6 is 0 Å². The molecule has 1 saturated heterocycles. The topological polar surface area (TPSA) is 56.1 Å². The number of imidazole rings is 1. The predicted molar refractivity (Wildman–Crippen MR) is 102 cm³/mol. The first kappa shape index (κ1) is 17.4. The highest BCUT2D eigenvalue weighted by Gasteiger charge is 2.26. The molecule has 0 unspecified atom stereocenters. The van der Waals surface area contributed by atoms with Crippen molar-refractivity contribution in [3.8, 4) is 11.5 Å². The summed E-state index contributed by atoms with van der Waals surface area (Å²) in [5.74, 6) is 1.91. The number of rotatable bonds is 5. The van der Waals surface area contributed by atoms with Crippen molar-refractivity contribution < 1.29 is 14.3 Å². The Morgan fingerprint density at radius 2 is 2.11 bits per heavy atom. The molecule has 27 heavy (non-hydrogen) atoms. The molecule has 3 aromatic rings. The van der Waals surface area contributed by atoms with E-state index in [1.807, 2.05) is 58.0 Å². The number of hydrogen-bond acceptors (Lipinski definition) is 4. The summed E-state index contributed by atoms with van der Waals surface area (Å²) in [6, 6.07) is 13.3. The molecule has 1 aliphatic heterocycles. The second-order valence-corrected chi connectivity index (χ2v) is 6.82. The Kier molecular flexibility index (Phi) is 4.96. The Labute approximate surface area is 158 Å². The number of carbonyl (C=O) groups excluding carboxylic acids is 1. The minimum Gasteiger partial charge on any atom is -0.497 e. The van der Waals surface area contributed by atoms with E-state index >= 15 is 0 Å². The third-order valence-electron chi connectivity index (χ3n) is 4.97. The SMILES string of the molecule is COc1cccc(OC[C@H]2CCCN(C(=O)c3cnc4ccccn34)C2)c1. The molecule has 0 radical (unpaired) electrons. The summed E-state index contributed by atoms with van der Waals surface area (Å²) in [6.07, 6.45) is 5.58. The van der Waals surface area contributed by atoms with E-state index in [1.165, 1.54) is 0 Å². The normalized spacial score (nSPS) is 17.1. The number of pyridine rings is 1. The lowest BCUT2D eigenvalue weighted by Crippen LogP contribution is -2.42. The summed E-state index contributed by atoms with van der Waals surface area (Å²) in [7, 11) is 1.64. The minimum absolute atomic E-state index is 0.0276.